The first-order valence-corrected chi connectivity index (χ1v) is 8.79. The van der Waals surface area contributed by atoms with E-state index in [1.165, 1.54) is 0 Å². The number of imidazole rings is 1. The summed E-state index contributed by atoms with van der Waals surface area (Å²) in [5, 5.41) is 2.87. The number of amides is 2. The normalized spacial score (nSPS) is 13.5. The molecule has 0 saturated carbocycles. The maximum atomic E-state index is 12.7. The summed E-state index contributed by atoms with van der Waals surface area (Å²) in [6.07, 6.45) is 3.58. The summed E-state index contributed by atoms with van der Waals surface area (Å²) >= 11 is 0. The van der Waals surface area contributed by atoms with E-state index in [1.54, 1.807) is 12.0 Å². The van der Waals surface area contributed by atoms with Crippen molar-refractivity contribution in [3.8, 4) is 0 Å². The number of carbonyl (C=O) groups excluding carboxylic acids is 2. The molecule has 0 bridgehead atoms. The molecule has 1 aromatic rings. The van der Waals surface area contributed by atoms with Crippen LogP contribution in [0.2, 0.25) is 0 Å². The summed E-state index contributed by atoms with van der Waals surface area (Å²) in [6, 6.07) is 0. The van der Waals surface area contributed by atoms with Crippen LogP contribution in [0.15, 0.2) is 0 Å². The van der Waals surface area contributed by atoms with Crippen molar-refractivity contribution < 1.29 is 14.3 Å². The number of hydrogen-bond acceptors (Lipinski definition) is 4. The van der Waals surface area contributed by atoms with E-state index in [2.05, 4.69) is 10.3 Å². The molecule has 2 heterocycles. The monoisotopic (exact) mass is 336 g/mol. The molecule has 0 saturated heterocycles. The highest BCUT2D eigenvalue weighted by Crippen LogP contribution is 2.22. The molecule has 134 valence electrons. The van der Waals surface area contributed by atoms with E-state index in [-0.39, 0.29) is 11.8 Å². The van der Waals surface area contributed by atoms with Crippen molar-refractivity contribution in [2.45, 2.75) is 46.1 Å². The molecule has 0 spiro atoms. The van der Waals surface area contributed by atoms with Gasteiger partial charge in [-0.2, -0.15) is 0 Å². The Labute approximate surface area is 143 Å². The van der Waals surface area contributed by atoms with Crippen LogP contribution in [-0.4, -0.2) is 59.6 Å². The zero-order chi connectivity index (χ0) is 17.5. The maximum absolute atomic E-state index is 12.7. The summed E-state index contributed by atoms with van der Waals surface area (Å²) < 4.78 is 6.92. The number of nitrogens with one attached hydrogen (secondary N) is 1. The minimum absolute atomic E-state index is 0.0958. The highest BCUT2D eigenvalue weighted by molar-refractivity contribution is 5.97. The summed E-state index contributed by atoms with van der Waals surface area (Å²) in [6.45, 7) is 7.06. The molecule has 7 heteroatoms. The fourth-order valence-corrected chi connectivity index (χ4v) is 3.04. The van der Waals surface area contributed by atoms with Gasteiger partial charge in [-0.1, -0.05) is 0 Å². The molecule has 0 aromatic carbocycles. The first kappa shape index (κ1) is 18.4. The maximum Gasteiger partial charge on any atom is 0.289 e. The van der Waals surface area contributed by atoms with Gasteiger partial charge in [0.05, 0.1) is 5.69 Å². The van der Waals surface area contributed by atoms with Crippen LogP contribution >= 0.6 is 0 Å². The van der Waals surface area contributed by atoms with E-state index in [0.717, 1.165) is 37.9 Å². The molecule has 1 aliphatic rings. The second-order valence-corrected chi connectivity index (χ2v) is 5.92. The van der Waals surface area contributed by atoms with Gasteiger partial charge in [0.1, 0.15) is 5.69 Å². The number of aromatic nitrogens is 2. The number of hydrogen-bond donors (Lipinski definition) is 1. The van der Waals surface area contributed by atoms with Gasteiger partial charge in [-0.05, 0) is 39.5 Å². The molecule has 24 heavy (non-hydrogen) atoms. The number of fused-ring (bicyclic) bond motifs is 1. The summed E-state index contributed by atoms with van der Waals surface area (Å²) in [5.41, 5.74) is 1.30. The minimum atomic E-state index is -0.199. The Bertz CT molecular complexity index is 579. The molecule has 2 rings (SSSR count). The molecule has 1 N–H and O–H groups in total. The van der Waals surface area contributed by atoms with Crippen LogP contribution in [0.5, 0.6) is 0 Å². The van der Waals surface area contributed by atoms with Crippen molar-refractivity contribution in [2.24, 2.45) is 0 Å². The van der Waals surface area contributed by atoms with Crippen molar-refractivity contribution in [2.75, 3.05) is 33.4 Å². The number of ether oxygens (including phenoxy) is 1. The van der Waals surface area contributed by atoms with Crippen molar-refractivity contribution in [3.05, 3.63) is 17.2 Å². The number of nitrogens with zero attached hydrogens (tertiary/aromatic N) is 3. The summed E-state index contributed by atoms with van der Waals surface area (Å²) in [5.74, 6) is 0.104. The van der Waals surface area contributed by atoms with Gasteiger partial charge in [0.15, 0.2) is 5.82 Å². The highest BCUT2D eigenvalue weighted by atomic mass is 16.5. The average Bonchev–Trinajstić information content (AvgIpc) is 2.99. The molecular weight excluding hydrogens is 308 g/mol. The number of rotatable bonds is 8. The van der Waals surface area contributed by atoms with Crippen LogP contribution in [0.4, 0.5) is 0 Å². The van der Waals surface area contributed by atoms with Crippen molar-refractivity contribution in [1.29, 1.82) is 0 Å². The summed E-state index contributed by atoms with van der Waals surface area (Å²) in [4.78, 5) is 31.4. The zero-order valence-electron chi connectivity index (χ0n) is 14.9. The van der Waals surface area contributed by atoms with Gasteiger partial charge < -0.3 is 19.5 Å². The Morgan fingerprint density at radius 1 is 1.29 bits per heavy atom. The fourth-order valence-electron chi connectivity index (χ4n) is 3.04. The first-order valence-electron chi connectivity index (χ1n) is 8.79. The Balaban J connectivity index is 2.23. The lowest BCUT2D eigenvalue weighted by atomic mass is 10.1. The molecule has 7 nitrogen and oxygen atoms in total. The van der Waals surface area contributed by atoms with E-state index < -0.39 is 0 Å². The quantitative estimate of drug-likeness (QED) is 0.729. The number of carbonyl (C=O) groups is 2. The largest absolute Gasteiger partial charge is 0.385 e. The standard InChI is InChI=1S/C17H28N4O3/c1-4-20(5-2)17(23)15-19-14(13-9-6-7-11-21(13)15)16(22)18-10-8-12-24-3/h4-12H2,1-3H3,(H,18,22). The predicted octanol–water partition coefficient (Wildman–Crippen LogP) is 1.47. The molecule has 0 unspecified atom stereocenters. The van der Waals surface area contributed by atoms with Gasteiger partial charge in [-0.3, -0.25) is 9.59 Å². The van der Waals surface area contributed by atoms with Gasteiger partial charge in [-0.25, -0.2) is 4.98 Å². The van der Waals surface area contributed by atoms with E-state index in [9.17, 15) is 9.59 Å². The van der Waals surface area contributed by atoms with Crippen LogP contribution in [0.3, 0.4) is 0 Å². The first-order chi connectivity index (χ1) is 11.6. The third-order valence-electron chi connectivity index (χ3n) is 4.39. The Morgan fingerprint density at radius 2 is 2.04 bits per heavy atom. The lowest BCUT2D eigenvalue weighted by molar-refractivity contribution is 0.0754. The minimum Gasteiger partial charge on any atom is -0.385 e. The van der Waals surface area contributed by atoms with Gasteiger partial charge in [-0.15, -0.1) is 0 Å². The lowest BCUT2D eigenvalue weighted by Gasteiger charge is -2.21. The van der Waals surface area contributed by atoms with Crippen LogP contribution in [0, 0.1) is 0 Å². The molecule has 1 aliphatic heterocycles. The van der Waals surface area contributed by atoms with E-state index >= 15 is 0 Å². The molecular formula is C17H28N4O3. The smallest absolute Gasteiger partial charge is 0.289 e. The molecule has 0 radical (unpaired) electrons. The van der Waals surface area contributed by atoms with Gasteiger partial charge >= 0.3 is 0 Å². The van der Waals surface area contributed by atoms with Gasteiger partial charge in [0.2, 0.25) is 0 Å². The Kier molecular flexibility index (Phi) is 6.78. The highest BCUT2D eigenvalue weighted by Gasteiger charge is 2.28. The van der Waals surface area contributed by atoms with Gasteiger partial charge in [0, 0.05) is 39.9 Å². The molecule has 1 aromatic heterocycles. The molecule has 2 amide bonds. The van der Waals surface area contributed by atoms with Crippen LogP contribution in [0.25, 0.3) is 0 Å². The van der Waals surface area contributed by atoms with E-state index in [0.29, 0.717) is 37.8 Å². The fraction of sp³-hybridized carbons (Fsp3) is 0.706. The van der Waals surface area contributed by atoms with Crippen molar-refractivity contribution >= 4 is 11.8 Å². The SMILES string of the molecule is CCN(CC)C(=O)c1nc(C(=O)NCCCOC)c2n1CCCC2. The van der Waals surface area contributed by atoms with E-state index in [1.807, 2.05) is 18.4 Å². The van der Waals surface area contributed by atoms with Crippen LogP contribution in [-0.2, 0) is 17.7 Å². The lowest BCUT2D eigenvalue weighted by Crippen LogP contribution is -2.33. The van der Waals surface area contributed by atoms with Crippen molar-refractivity contribution in [3.63, 3.8) is 0 Å². The van der Waals surface area contributed by atoms with Crippen LogP contribution in [0.1, 0.15) is 59.9 Å². The topological polar surface area (TPSA) is 76.5 Å². The third-order valence-corrected chi connectivity index (χ3v) is 4.39. The Morgan fingerprint density at radius 3 is 2.71 bits per heavy atom. The molecule has 0 fully saturated rings. The molecule has 0 aliphatic carbocycles. The molecule has 0 atom stereocenters. The summed E-state index contributed by atoms with van der Waals surface area (Å²) in [7, 11) is 1.64. The third kappa shape index (κ3) is 3.95. The Hall–Kier alpha value is -1.89. The predicted molar refractivity (Wildman–Crippen MR) is 91.2 cm³/mol. The van der Waals surface area contributed by atoms with Gasteiger partial charge in [0.25, 0.3) is 11.8 Å². The average molecular weight is 336 g/mol. The zero-order valence-corrected chi connectivity index (χ0v) is 14.9. The van der Waals surface area contributed by atoms with E-state index in [4.69, 9.17) is 4.74 Å². The number of methoxy groups -OCH3 is 1. The van der Waals surface area contributed by atoms with Crippen molar-refractivity contribution in [1.82, 2.24) is 19.8 Å². The van der Waals surface area contributed by atoms with Crippen LogP contribution < -0.4 is 5.32 Å². The second kappa shape index (κ2) is 8.82. The second-order valence-electron chi connectivity index (χ2n) is 5.92.